The van der Waals surface area contributed by atoms with Crippen LogP contribution in [0.2, 0.25) is 0 Å². The minimum Gasteiger partial charge on any atom is -0.462 e. The Labute approximate surface area is 178 Å². The molecule has 1 aliphatic heterocycles. The molecule has 0 unspecified atom stereocenters. The molecule has 7 nitrogen and oxygen atoms in total. The Kier molecular flexibility index (Phi) is 5.35. The van der Waals surface area contributed by atoms with Gasteiger partial charge in [0.1, 0.15) is 10.7 Å². The molecule has 30 heavy (non-hydrogen) atoms. The molecule has 1 aromatic carbocycles. The smallest absolute Gasteiger partial charge is 0.348 e. The summed E-state index contributed by atoms with van der Waals surface area (Å²) in [7, 11) is 0. The van der Waals surface area contributed by atoms with Crippen LogP contribution in [-0.2, 0) is 11.2 Å². The van der Waals surface area contributed by atoms with Crippen molar-refractivity contribution >= 4 is 45.9 Å². The van der Waals surface area contributed by atoms with Crippen LogP contribution in [0.4, 0.5) is 15.8 Å². The fraction of sp³-hybridized carbons (Fsp3) is 0.200. The summed E-state index contributed by atoms with van der Waals surface area (Å²) in [5.41, 5.74) is 0.907. The van der Waals surface area contributed by atoms with Gasteiger partial charge in [0, 0.05) is 12.6 Å². The lowest BCUT2D eigenvalue weighted by atomic mass is 10.1. The summed E-state index contributed by atoms with van der Waals surface area (Å²) < 4.78 is 19.5. The number of carbonyl (C=O) groups is 2. The molecule has 0 N–H and O–H groups in total. The Morgan fingerprint density at radius 3 is 2.77 bits per heavy atom. The van der Waals surface area contributed by atoms with E-state index in [1.165, 1.54) is 27.6 Å². The van der Waals surface area contributed by atoms with Crippen molar-refractivity contribution in [3.05, 3.63) is 67.6 Å². The molecule has 1 amide bonds. The molecule has 0 fully saturated rings. The first-order valence-electron chi connectivity index (χ1n) is 9.04. The van der Waals surface area contributed by atoms with Crippen LogP contribution in [0.3, 0.4) is 0 Å². The monoisotopic (exact) mass is 446 g/mol. The SMILES string of the molecule is CCOC(=O)c1cc2c(s1)-c1sccc1N(C(=O)c1ccc([N+](=O)[O-])cc1F)CC2. The second kappa shape index (κ2) is 7.96. The number of amides is 1. The highest BCUT2D eigenvalue weighted by atomic mass is 32.1. The summed E-state index contributed by atoms with van der Waals surface area (Å²) in [6.07, 6.45) is 0.479. The summed E-state index contributed by atoms with van der Waals surface area (Å²) in [6, 6.07) is 6.57. The second-order valence-corrected chi connectivity index (χ2v) is 8.42. The van der Waals surface area contributed by atoms with Crippen molar-refractivity contribution in [3.8, 4) is 9.75 Å². The number of ether oxygens (including phenoxy) is 1. The van der Waals surface area contributed by atoms with Crippen molar-refractivity contribution in [2.75, 3.05) is 18.1 Å². The molecular weight excluding hydrogens is 431 g/mol. The van der Waals surface area contributed by atoms with Crippen LogP contribution in [-0.4, -0.2) is 30.0 Å². The van der Waals surface area contributed by atoms with Gasteiger partial charge in [-0.05, 0) is 42.5 Å². The number of rotatable bonds is 4. The van der Waals surface area contributed by atoms with E-state index in [4.69, 9.17) is 4.74 Å². The average Bonchev–Trinajstić information content (AvgIpc) is 3.33. The molecular formula is C20H15FN2O5S2. The third kappa shape index (κ3) is 3.48. The minimum atomic E-state index is -0.936. The van der Waals surface area contributed by atoms with Crippen molar-refractivity contribution in [1.82, 2.24) is 0 Å². The van der Waals surface area contributed by atoms with E-state index in [1.807, 2.05) is 5.38 Å². The molecule has 154 valence electrons. The zero-order valence-corrected chi connectivity index (χ0v) is 17.3. The summed E-state index contributed by atoms with van der Waals surface area (Å²) in [6.45, 7) is 2.31. The predicted octanol–water partition coefficient (Wildman–Crippen LogP) is 4.90. The number of hydrogen-bond acceptors (Lipinski definition) is 7. The van der Waals surface area contributed by atoms with Gasteiger partial charge in [0.25, 0.3) is 11.6 Å². The highest BCUT2D eigenvalue weighted by Crippen LogP contribution is 2.45. The molecule has 0 radical (unpaired) electrons. The average molecular weight is 446 g/mol. The fourth-order valence-corrected chi connectivity index (χ4v) is 5.49. The van der Waals surface area contributed by atoms with Gasteiger partial charge < -0.3 is 9.64 Å². The quantitative estimate of drug-likeness (QED) is 0.323. The summed E-state index contributed by atoms with van der Waals surface area (Å²) >= 11 is 2.74. The molecule has 2 aromatic heterocycles. The first-order chi connectivity index (χ1) is 14.4. The molecule has 4 rings (SSSR count). The largest absolute Gasteiger partial charge is 0.462 e. The normalized spacial score (nSPS) is 12.7. The van der Waals surface area contributed by atoms with E-state index in [-0.39, 0.29) is 24.7 Å². The van der Waals surface area contributed by atoms with E-state index in [1.54, 1.807) is 19.1 Å². The van der Waals surface area contributed by atoms with Crippen LogP contribution in [0.25, 0.3) is 9.75 Å². The van der Waals surface area contributed by atoms with Crippen molar-refractivity contribution in [2.45, 2.75) is 13.3 Å². The summed E-state index contributed by atoms with van der Waals surface area (Å²) in [4.78, 5) is 39.0. The van der Waals surface area contributed by atoms with E-state index < -0.39 is 22.3 Å². The predicted molar refractivity (Wildman–Crippen MR) is 112 cm³/mol. The number of benzene rings is 1. The fourth-order valence-electron chi connectivity index (χ4n) is 3.29. The number of anilines is 1. The van der Waals surface area contributed by atoms with Gasteiger partial charge in [0.05, 0.1) is 38.6 Å². The number of nitrogens with zero attached hydrogens (tertiary/aromatic N) is 2. The maximum absolute atomic E-state index is 14.4. The van der Waals surface area contributed by atoms with Gasteiger partial charge in [-0.1, -0.05) is 0 Å². The van der Waals surface area contributed by atoms with Gasteiger partial charge in [-0.2, -0.15) is 0 Å². The van der Waals surface area contributed by atoms with E-state index >= 15 is 0 Å². The zero-order chi connectivity index (χ0) is 21.4. The number of halogens is 1. The Hall–Kier alpha value is -3.11. The number of nitro groups is 1. The van der Waals surface area contributed by atoms with Gasteiger partial charge in [-0.15, -0.1) is 22.7 Å². The van der Waals surface area contributed by atoms with E-state index in [0.29, 0.717) is 17.0 Å². The van der Waals surface area contributed by atoms with Gasteiger partial charge in [-0.25, -0.2) is 9.18 Å². The van der Waals surface area contributed by atoms with Crippen LogP contribution in [0.1, 0.15) is 32.5 Å². The van der Waals surface area contributed by atoms with Crippen LogP contribution in [0, 0.1) is 15.9 Å². The number of esters is 1. The number of hydrogen-bond donors (Lipinski definition) is 0. The van der Waals surface area contributed by atoms with Crippen LogP contribution in [0.5, 0.6) is 0 Å². The lowest BCUT2D eigenvalue weighted by Crippen LogP contribution is -2.32. The molecule has 0 atom stereocenters. The van der Waals surface area contributed by atoms with Crippen molar-refractivity contribution in [1.29, 1.82) is 0 Å². The minimum absolute atomic E-state index is 0.227. The molecule has 0 aliphatic carbocycles. The van der Waals surface area contributed by atoms with Crippen LogP contribution in [0.15, 0.2) is 35.7 Å². The molecule has 0 saturated heterocycles. The molecule has 1 aliphatic rings. The van der Waals surface area contributed by atoms with Crippen molar-refractivity contribution in [2.24, 2.45) is 0 Å². The number of non-ortho nitro benzene ring substituents is 1. The molecule has 3 aromatic rings. The first kappa shape index (κ1) is 20.2. The maximum atomic E-state index is 14.4. The third-order valence-electron chi connectivity index (χ3n) is 4.67. The van der Waals surface area contributed by atoms with E-state index in [9.17, 15) is 24.1 Å². The zero-order valence-electron chi connectivity index (χ0n) is 15.7. The van der Waals surface area contributed by atoms with Gasteiger partial charge in [0.15, 0.2) is 0 Å². The Bertz CT molecular complexity index is 1170. The Morgan fingerprint density at radius 1 is 1.27 bits per heavy atom. The summed E-state index contributed by atoms with van der Waals surface area (Å²) in [5, 5.41) is 12.7. The number of carbonyl (C=O) groups excluding carboxylic acids is 2. The molecule has 0 bridgehead atoms. The number of nitro benzene ring substituents is 1. The first-order valence-corrected chi connectivity index (χ1v) is 10.7. The highest BCUT2D eigenvalue weighted by Gasteiger charge is 2.30. The van der Waals surface area contributed by atoms with Crippen molar-refractivity contribution < 1.29 is 23.6 Å². The van der Waals surface area contributed by atoms with Gasteiger partial charge in [-0.3, -0.25) is 14.9 Å². The molecule has 10 heteroatoms. The van der Waals surface area contributed by atoms with E-state index in [2.05, 4.69) is 0 Å². The van der Waals surface area contributed by atoms with Crippen LogP contribution < -0.4 is 4.90 Å². The highest BCUT2D eigenvalue weighted by molar-refractivity contribution is 7.23. The lowest BCUT2D eigenvalue weighted by Gasteiger charge is -2.21. The number of fused-ring (bicyclic) bond motifs is 3. The van der Waals surface area contributed by atoms with Crippen molar-refractivity contribution in [3.63, 3.8) is 0 Å². The standard InChI is InChI=1S/C20H15FN2O5S2/c1-2-28-20(25)16-9-11-5-7-22(15-6-8-29-18(15)17(11)30-16)19(24)13-4-3-12(23(26)27)10-14(13)21/h3-4,6,8-10H,2,5,7H2,1H3. The van der Waals surface area contributed by atoms with E-state index in [0.717, 1.165) is 33.5 Å². The summed E-state index contributed by atoms with van der Waals surface area (Å²) in [5.74, 6) is -1.88. The Balaban J connectivity index is 1.70. The topological polar surface area (TPSA) is 89.8 Å². The molecule has 0 spiro atoms. The van der Waals surface area contributed by atoms with Crippen LogP contribution >= 0.6 is 22.7 Å². The second-order valence-electron chi connectivity index (χ2n) is 6.45. The van der Waals surface area contributed by atoms with Gasteiger partial charge >= 0.3 is 5.97 Å². The molecule has 0 saturated carbocycles. The third-order valence-corrected chi connectivity index (χ3v) is 6.90. The maximum Gasteiger partial charge on any atom is 0.348 e. The van der Waals surface area contributed by atoms with Gasteiger partial charge in [0.2, 0.25) is 0 Å². The lowest BCUT2D eigenvalue weighted by molar-refractivity contribution is -0.385. The molecule has 3 heterocycles. The number of thiophene rings is 2. The Morgan fingerprint density at radius 2 is 2.07 bits per heavy atom.